The summed E-state index contributed by atoms with van der Waals surface area (Å²) in [7, 11) is 0. The molecule has 6 fully saturated rings. The van der Waals surface area contributed by atoms with Gasteiger partial charge in [0.25, 0.3) is 0 Å². The van der Waals surface area contributed by atoms with Crippen LogP contribution in [0.25, 0.3) is 16.0 Å². The molecule has 7 rings (SSSR count). The van der Waals surface area contributed by atoms with E-state index >= 15 is 0 Å². The Kier molecular flexibility index (Phi) is 23.3. The standard InChI is InChI=1S/C18H29N6.3C6H7F5S.Bi/c1-4-10-19-13(7-1)16-22-17(14-8-2-5-11-20-14)24-18(23-16)15-9-3-6-12-21-15;3*7-1-2(8)4(10)6(12)5(11)3(1)9;/h1,4,7,14-18,20,22,24H,2-3,5-6,8-12H2;3*1-6,12H;/q-3;;;;/p-3. The van der Waals surface area contributed by atoms with Gasteiger partial charge in [0, 0.05) is 32.2 Å². The molecule has 6 nitrogen and oxygen atoms in total. The molecule has 17 atom stereocenters. The Balaban J connectivity index is 0.000000231. The van der Waals surface area contributed by atoms with Crippen molar-refractivity contribution in [3.63, 3.8) is 0 Å². The first-order chi connectivity index (χ1) is 28.3. The number of allylic oxidation sites excluding steroid dienone is 2. The zero-order chi connectivity index (χ0) is 44.6. The summed E-state index contributed by atoms with van der Waals surface area (Å²) in [5, 5.41) is 20.1. The minimum atomic E-state index is -2.74. The van der Waals surface area contributed by atoms with Gasteiger partial charge in [0.05, 0.1) is 6.17 Å². The number of nitrogens with one attached hydrogen (secondary N) is 3. The molecule has 7 aliphatic rings. The van der Waals surface area contributed by atoms with Gasteiger partial charge in [-0.3, -0.25) is 0 Å². The maximum absolute atomic E-state index is 12.5. The van der Waals surface area contributed by atoms with Crippen molar-refractivity contribution in [1.82, 2.24) is 16.0 Å². The van der Waals surface area contributed by atoms with Crippen LogP contribution in [0, 0.1) is 0 Å². The van der Waals surface area contributed by atoms with Crippen molar-refractivity contribution in [1.29, 1.82) is 0 Å². The summed E-state index contributed by atoms with van der Waals surface area (Å²) in [5.41, 5.74) is 1.06. The van der Waals surface area contributed by atoms with Crippen LogP contribution >= 0.6 is 0 Å². The molecule has 3 aliphatic carbocycles. The summed E-state index contributed by atoms with van der Waals surface area (Å²) in [6.07, 6.45) is -24.7. The Morgan fingerprint density at radius 1 is 0.525 bits per heavy atom. The van der Waals surface area contributed by atoms with E-state index in [-0.39, 0.29) is 44.7 Å². The zero-order valence-electron chi connectivity index (χ0n) is 32.1. The Morgan fingerprint density at radius 3 is 1.31 bits per heavy atom. The molecule has 0 aromatic heterocycles. The third-order valence-electron chi connectivity index (χ3n) is 11.0. The van der Waals surface area contributed by atoms with E-state index in [1.807, 2.05) is 0 Å². The molecule has 3 saturated heterocycles. The quantitative estimate of drug-likeness (QED) is 0.163. The van der Waals surface area contributed by atoms with Gasteiger partial charge in [0.2, 0.25) is 0 Å². The smallest absolute Gasteiger partial charge is 0.168 e. The fourth-order valence-corrected chi connectivity index (χ4v) is 8.20. The fourth-order valence-electron chi connectivity index (χ4n) is 7.30. The molecule has 3 N–H and O–H groups in total. The molecule has 355 valence electrons. The molecule has 17 unspecified atom stereocenters. The summed E-state index contributed by atoms with van der Waals surface area (Å²) < 4.78 is 187. The minimum absolute atomic E-state index is 0. The van der Waals surface area contributed by atoms with E-state index in [1.54, 1.807) is 0 Å². The predicted molar refractivity (Wildman–Crippen MR) is 211 cm³/mol. The van der Waals surface area contributed by atoms with E-state index in [4.69, 9.17) is 10.6 Å². The molecule has 3 saturated carbocycles. The molecule has 61 heavy (non-hydrogen) atoms. The van der Waals surface area contributed by atoms with Crippen molar-refractivity contribution in [3.05, 3.63) is 39.9 Å². The molecular formula is C36H47BiF15N6S3-6. The van der Waals surface area contributed by atoms with Crippen LogP contribution in [0.1, 0.15) is 38.5 Å². The van der Waals surface area contributed by atoms with Crippen molar-refractivity contribution in [2.75, 3.05) is 19.6 Å². The van der Waals surface area contributed by atoms with E-state index in [0.717, 1.165) is 31.8 Å². The van der Waals surface area contributed by atoms with Gasteiger partial charge in [-0.05, 0) is 19.4 Å². The van der Waals surface area contributed by atoms with Crippen LogP contribution in [0.2, 0.25) is 0 Å². The third kappa shape index (κ3) is 14.0. The largest absolute Gasteiger partial charge is 0.783 e. The van der Waals surface area contributed by atoms with Crippen molar-refractivity contribution in [2.45, 2.75) is 177 Å². The van der Waals surface area contributed by atoms with Crippen LogP contribution in [-0.4, -0.2) is 185 Å². The minimum Gasteiger partial charge on any atom is -0.783 e. The maximum Gasteiger partial charge on any atom is 0.168 e. The second-order valence-corrected chi connectivity index (χ2v) is 16.9. The number of alkyl halides is 15. The van der Waals surface area contributed by atoms with Crippen molar-refractivity contribution < 1.29 is 65.9 Å². The Hall–Kier alpha value is -0.0369. The first kappa shape index (κ1) is 55.3. The number of rotatable bonds is 3. The average Bonchev–Trinajstić information content (AvgIpc) is 3.29. The van der Waals surface area contributed by atoms with E-state index in [1.165, 1.54) is 32.1 Å². The zero-order valence-corrected chi connectivity index (χ0v) is 38.0. The SMILES string of the molecule is C1=CC[N-]C(C2[N-]C(C3CCCC[N-]3)NC(C3CCCCN3)N2)=C1.FC1C(F)C(F)C([S-])C(F)C1F.FC1C(F)C(F)C([S-])C(F)C1F.FC1C(F)C(F)C([S-])C(F)C1F.[Bi]. The van der Waals surface area contributed by atoms with Gasteiger partial charge in [-0.25, -0.2) is 65.9 Å². The number of nitrogens with zero attached hydrogens (tertiary/aromatic N) is 3. The number of halogens is 15. The second-order valence-electron chi connectivity index (χ2n) is 15.3. The van der Waals surface area contributed by atoms with E-state index < -0.39 is 108 Å². The normalized spacial score (nSPS) is 48.8. The topological polar surface area (TPSA) is 78.4 Å². The Bertz CT molecular complexity index is 1070. The second kappa shape index (κ2) is 25.8. The molecule has 3 radical (unpaired) electrons. The van der Waals surface area contributed by atoms with Crippen molar-refractivity contribution in [3.8, 4) is 0 Å². The van der Waals surface area contributed by atoms with Gasteiger partial charge in [-0.2, -0.15) is 5.70 Å². The Morgan fingerprint density at radius 2 is 0.951 bits per heavy atom. The van der Waals surface area contributed by atoms with Gasteiger partial charge in [0.15, 0.2) is 55.5 Å². The van der Waals surface area contributed by atoms with E-state index in [2.05, 4.69) is 77.4 Å². The third-order valence-corrected chi connectivity index (χ3v) is 12.5. The van der Waals surface area contributed by atoms with Gasteiger partial charge < -0.3 is 69.8 Å². The molecule has 0 aromatic carbocycles. The average molecular weight is 1150 g/mol. The van der Waals surface area contributed by atoms with Crippen LogP contribution in [0.4, 0.5) is 65.9 Å². The van der Waals surface area contributed by atoms with Crippen LogP contribution in [0.15, 0.2) is 23.9 Å². The monoisotopic (exact) mass is 1150 g/mol. The molecular weight excluding hydrogens is 1110 g/mol. The number of hydrogen-bond acceptors (Lipinski definition) is 6. The summed E-state index contributed by atoms with van der Waals surface area (Å²) in [5.74, 6) is 0. The van der Waals surface area contributed by atoms with E-state index in [0.29, 0.717) is 12.1 Å². The number of hydrogen-bond donors (Lipinski definition) is 3. The van der Waals surface area contributed by atoms with Crippen LogP contribution in [0.5, 0.6) is 0 Å². The molecule has 0 spiro atoms. The van der Waals surface area contributed by atoms with Gasteiger partial charge in [0.1, 0.15) is 37.0 Å². The molecule has 4 heterocycles. The number of piperidine rings is 2. The van der Waals surface area contributed by atoms with Gasteiger partial charge in [-0.1, -0.05) is 65.9 Å². The summed E-state index contributed by atoms with van der Waals surface area (Å²) >= 11 is 12.4. The van der Waals surface area contributed by atoms with E-state index in [9.17, 15) is 65.9 Å². The molecule has 4 aliphatic heterocycles. The molecule has 0 aromatic rings. The van der Waals surface area contributed by atoms with Crippen LogP contribution in [0.3, 0.4) is 0 Å². The van der Waals surface area contributed by atoms with Gasteiger partial charge in [-0.15, -0.1) is 25.2 Å². The first-order valence-electron chi connectivity index (χ1n) is 19.5. The fraction of sp³-hybridized carbons (Fsp3) is 0.889. The van der Waals surface area contributed by atoms with Crippen LogP contribution < -0.4 is 16.0 Å². The molecule has 25 heteroatoms. The van der Waals surface area contributed by atoms with Gasteiger partial charge >= 0.3 is 0 Å². The molecule has 0 amide bonds. The van der Waals surface area contributed by atoms with Crippen molar-refractivity contribution >= 4 is 64.1 Å². The summed E-state index contributed by atoms with van der Waals surface area (Å²) in [4.78, 5) is 0. The van der Waals surface area contributed by atoms with Crippen LogP contribution in [-0.2, 0) is 37.9 Å². The van der Waals surface area contributed by atoms with Crippen molar-refractivity contribution in [2.24, 2.45) is 0 Å². The summed E-state index contributed by atoms with van der Waals surface area (Å²) in [6.45, 7) is 2.86. The summed E-state index contributed by atoms with van der Waals surface area (Å²) in [6, 6.07) is 0.775. The molecule has 0 bridgehead atoms. The predicted octanol–water partition coefficient (Wildman–Crippen LogP) is 6.86. The Labute approximate surface area is 381 Å². The maximum atomic E-state index is 12.5. The first-order valence-corrected chi connectivity index (χ1v) is 21.0.